The van der Waals surface area contributed by atoms with Gasteiger partial charge in [-0.05, 0) is 31.9 Å². The molecule has 17 heavy (non-hydrogen) atoms. The second kappa shape index (κ2) is 4.58. The van der Waals surface area contributed by atoms with Crippen molar-refractivity contribution in [3.8, 4) is 0 Å². The third-order valence-corrected chi connectivity index (χ3v) is 3.36. The number of allylic oxidation sites excluding steroid dienone is 2. The minimum atomic E-state index is -0.371. The van der Waals surface area contributed by atoms with Crippen LogP contribution in [0.2, 0.25) is 0 Å². The highest BCUT2D eigenvalue weighted by Crippen LogP contribution is 2.38. The highest BCUT2D eigenvalue weighted by atomic mass is 16.1. The Bertz CT molecular complexity index is 461. The van der Waals surface area contributed by atoms with Crippen LogP contribution in [0.25, 0.3) is 0 Å². The second-order valence-electron chi connectivity index (χ2n) is 4.63. The number of benzene rings is 1. The van der Waals surface area contributed by atoms with Crippen molar-refractivity contribution in [1.82, 2.24) is 0 Å². The Morgan fingerprint density at radius 3 is 2.65 bits per heavy atom. The molecule has 1 fully saturated rings. The number of para-hydroxylation sites is 1. The van der Waals surface area contributed by atoms with Gasteiger partial charge in [-0.15, -0.1) is 6.58 Å². The van der Waals surface area contributed by atoms with Crippen LogP contribution >= 0.6 is 0 Å². The summed E-state index contributed by atoms with van der Waals surface area (Å²) in [5.41, 5.74) is 1.49. The molecule has 2 heteroatoms. The standard InChI is InChI=1S/C15H17NO/c1-3-15(2)10-9-12(14(15)17)11-16-13-7-5-4-6-8-13/h3-8,11,16H,1,9-10H2,2H3/b12-11+. The summed E-state index contributed by atoms with van der Waals surface area (Å²) >= 11 is 0. The summed E-state index contributed by atoms with van der Waals surface area (Å²) in [6.07, 6.45) is 5.27. The van der Waals surface area contributed by atoms with Crippen LogP contribution in [0.4, 0.5) is 5.69 Å². The Hall–Kier alpha value is -1.83. The minimum Gasteiger partial charge on any atom is -0.361 e. The molecule has 1 unspecified atom stereocenters. The molecule has 0 heterocycles. The first-order valence-corrected chi connectivity index (χ1v) is 5.85. The number of nitrogens with one attached hydrogen (secondary N) is 1. The Labute approximate surface area is 102 Å². The normalized spacial score (nSPS) is 26.2. The van der Waals surface area contributed by atoms with E-state index in [1.165, 1.54) is 0 Å². The Kier molecular flexibility index (Phi) is 3.14. The van der Waals surface area contributed by atoms with E-state index in [0.29, 0.717) is 0 Å². The lowest BCUT2D eigenvalue weighted by Gasteiger charge is -2.14. The lowest BCUT2D eigenvalue weighted by Crippen LogP contribution is -2.19. The summed E-state index contributed by atoms with van der Waals surface area (Å²) in [5.74, 6) is 0.191. The average Bonchev–Trinajstić information content (AvgIpc) is 2.66. The molecular weight excluding hydrogens is 210 g/mol. The van der Waals surface area contributed by atoms with Crippen LogP contribution in [0.5, 0.6) is 0 Å². The molecule has 0 amide bonds. The van der Waals surface area contributed by atoms with Crippen molar-refractivity contribution < 1.29 is 4.79 Å². The zero-order valence-corrected chi connectivity index (χ0v) is 10.1. The molecule has 0 radical (unpaired) electrons. The molecule has 0 aromatic heterocycles. The third kappa shape index (κ3) is 2.31. The molecule has 1 aromatic rings. The highest BCUT2D eigenvalue weighted by molar-refractivity contribution is 6.03. The highest BCUT2D eigenvalue weighted by Gasteiger charge is 2.37. The summed E-state index contributed by atoms with van der Waals surface area (Å²) in [6.45, 7) is 5.70. The van der Waals surface area contributed by atoms with E-state index >= 15 is 0 Å². The summed E-state index contributed by atoms with van der Waals surface area (Å²) in [5, 5.41) is 3.16. The molecule has 0 spiro atoms. The molecule has 0 bridgehead atoms. The monoisotopic (exact) mass is 227 g/mol. The zero-order valence-electron chi connectivity index (χ0n) is 10.1. The van der Waals surface area contributed by atoms with E-state index in [1.807, 2.05) is 43.5 Å². The topological polar surface area (TPSA) is 29.1 Å². The van der Waals surface area contributed by atoms with E-state index in [0.717, 1.165) is 24.1 Å². The largest absolute Gasteiger partial charge is 0.361 e. The predicted molar refractivity (Wildman–Crippen MR) is 70.7 cm³/mol. The van der Waals surface area contributed by atoms with Gasteiger partial charge in [0, 0.05) is 22.9 Å². The fourth-order valence-corrected chi connectivity index (χ4v) is 2.03. The molecule has 1 saturated carbocycles. The van der Waals surface area contributed by atoms with Gasteiger partial charge in [-0.25, -0.2) is 0 Å². The number of carbonyl (C=O) groups is 1. The molecule has 1 aliphatic rings. The van der Waals surface area contributed by atoms with Gasteiger partial charge in [-0.2, -0.15) is 0 Å². The van der Waals surface area contributed by atoms with Gasteiger partial charge in [0.1, 0.15) is 0 Å². The molecule has 0 saturated heterocycles. The fourth-order valence-electron chi connectivity index (χ4n) is 2.03. The molecule has 1 atom stereocenters. The molecular formula is C15H17NO. The molecule has 1 aromatic carbocycles. The number of rotatable bonds is 3. The number of Topliss-reactive ketones (excluding diaryl/α,β-unsaturated/α-hetero) is 1. The Balaban J connectivity index is 2.10. The molecule has 2 rings (SSSR count). The van der Waals surface area contributed by atoms with Gasteiger partial charge >= 0.3 is 0 Å². The van der Waals surface area contributed by atoms with Gasteiger partial charge in [-0.3, -0.25) is 4.79 Å². The average molecular weight is 227 g/mol. The predicted octanol–water partition coefficient (Wildman–Crippen LogP) is 3.54. The van der Waals surface area contributed by atoms with Gasteiger partial charge in [0.15, 0.2) is 5.78 Å². The Morgan fingerprint density at radius 1 is 1.35 bits per heavy atom. The van der Waals surface area contributed by atoms with Crippen molar-refractivity contribution in [1.29, 1.82) is 0 Å². The van der Waals surface area contributed by atoms with Crippen molar-refractivity contribution in [2.45, 2.75) is 19.8 Å². The summed E-state index contributed by atoms with van der Waals surface area (Å²) in [7, 11) is 0. The van der Waals surface area contributed by atoms with Gasteiger partial charge in [0.05, 0.1) is 0 Å². The van der Waals surface area contributed by atoms with Gasteiger partial charge in [0.25, 0.3) is 0 Å². The number of hydrogen-bond acceptors (Lipinski definition) is 2. The first-order chi connectivity index (χ1) is 8.15. The molecule has 0 aliphatic heterocycles. The quantitative estimate of drug-likeness (QED) is 0.632. The van der Waals surface area contributed by atoms with E-state index in [4.69, 9.17) is 0 Å². The molecule has 1 N–H and O–H groups in total. The number of ketones is 1. The number of hydrogen-bond donors (Lipinski definition) is 1. The maximum Gasteiger partial charge on any atom is 0.169 e. The second-order valence-corrected chi connectivity index (χ2v) is 4.63. The van der Waals surface area contributed by atoms with Crippen molar-refractivity contribution in [3.05, 3.63) is 54.8 Å². The van der Waals surface area contributed by atoms with E-state index in [1.54, 1.807) is 6.08 Å². The molecule has 2 nitrogen and oxygen atoms in total. The smallest absolute Gasteiger partial charge is 0.169 e. The first kappa shape index (κ1) is 11.6. The van der Waals surface area contributed by atoms with Gasteiger partial charge < -0.3 is 5.32 Å². The lowest BCUT2D eigenvalue weighted by atomic mass is 9.88. The molecule has 88 valence electrons. The first-order valence-electron chi connectivity index (χ1n) is 5.85. The van der Waals surface area contributed by atoms with Crippen LogP contribution in [0.15, 0.2) is 54.8 Å². The van der Waals surface area contributed by atoms with Gasteiger partial charge in [-0.1, -0.05) is 24.3 Å². The Morgan fingerprint density at radius 2 is 2.06 bits per heavy atom. The van der Waals surface area contributed by atoms with Crippen LogP contribution in [0.1, 0.15) is 19.8 Å². The van der Waals surface area contributed by atoms with Gasteiger partial charge in [0.2, 0.25) is 0 Å². The number of anilines is 1. The van der Waals surface area contributed by atoms with E-state index in [2.05, 4.69) is 11.9 Å². The third-order valence-electron chi connectivity index (χ3n) is 3.36. The SMILES string of the molecule is C=CC1(C)CC/C(=C\Nc2ccccc2)C1=O. The zero-order chi connectivity index (χ0) is 12.3. The fraction of sp³-hybridized carbons (Fsp3) is 0.267. The van der Waals surface area contributed by atoms with Crippen LogP contribution in [-0.4, -0.2) is 5.78 Å². The molecule has 1 aliphatic carbocycles. The van der Waals surface area contributed by atoms with Crippen LogP contribution in [0.3, 0.4) is 0 Å². The van der Waals surface area contributed by atoms with E-state index in [9.17, 15) is 4.79 Å². The van der Waals surface area contributed by atoms with E-state index in [-0.39, 0.29) is 11.2 Å². The lowest BCUT2D eigenvalue weighted by molar-refractivity contribution is -0.120. The van der Waals surface area contributed by atoms with Crippen molar-refractivity contribution in [3.63, 3.8) is 0 Å². The maximum absolute atomic E-state index is 12.1. The maximum atomic E-state index is 12.1. The van der Waals surface area contributed by atoms with Crippen molar-refractivity contribution >= 4 is 11.5 Å². The summed E-state index contributed by atoms with van der Waals surface area (Å²) in [4.78, 5) is 12.1. The summed E-state index contributed by atoms with van der Waals surface area (Å²) < 4.78 is 0. The van der Waals surface area contributed by atoms with Crippen LogP contribution < -0.4 is 5.32 Å². The van der Waals surface area contributed by atoms with E-state index < -0.39 is 0 Å². The number of carbonyl (C=O) groups excluding carboxylic acids is 1. The van der Waals surface area contributed by atoms with Crippen LogP contribution in [-0.2, 0) is 4.79 Å². The van der Waals surface area contributed by atoms with Crippen LogP contribution in [0, 0.1) is 5.41 Å². The summed E-state index contributed by atoms with van der Waals surface area (Å²) in [6, 6.07) is 9.84. The van der Waals surface area contributed by atoms with Crippen molar-refractivity contribution in [2.75, 3.05) is 5.32 Å². The van der Waals surface area contributed by atoms with Crippen molar-refractivity contribution in [2.24, 2.45) is 5.41 Å². The minimum absolute atomic E-state index is 0.191.